The van der Waals surface area contributed by atoms with Gasteiger partial charge in [0.05, 0.1) is 11.7 Å². The normalized spacial score (nSPS) is 14.7. The average molecular weight is 489 g/mol. The Hall–Kier alpha value is -3.23. The van der Waals surface area contributed by atoms with Crippen LogP contribution in [0.1, 0.15) is 45.0 Å². The van der Waals surface area contributed by atoms with Crippen LogP contribution in [0.2, 0.25) is 0 Å². The van der Waals surface area contributed by atoms with Gasteiger partial charge in [-0.25, -0.2) is 0 Å². The zero-order chi connectivity index (χ0) is 23.5. The highest BCUT2D eigenvalue weighted by atomic mass is 32.2. The molecule has 172 valence electrons. The SMILES string of the molecule is C[C@@H]1C(=O)Nc2ccc(C(=O)CSc3nnc(Cc4cccs4)n3CCc3ccccc3)cc21. The molecule has 1 aliphatic rings. The summed E-state index contributed by atoms with van der Waals surface area (Å²) in [5.41, 5.74) is 3.54. The lowest BCUT2D eigenvalue weighted by atomic mass is 9.99. The molecule has 0 saturated carbocycles. The molecule has 0 unspecified atom stereocenters. The van der Waals surface area contributed by atoms with E-state index in [4.69, 9.17) is 0 Å². The molecule has 0 fully saturated rings. The summed E-state index contributed by atoms with van der Waals surface area (Å²) in [7, 11) is 0. The fourth-order valence-corrected chi connectivity index (χ4v) is 5.62. The van der Waals surface area contributed by atoms with Crippen molar-refractivity contribution in [3.05, 3.63) is 93.4 Å². The van der Waals surface area contributed by atoms with E-state index in [2.05, 4.69) is 43.7 Å². The summed E-state index contributed by atoms with van der Waals surface area (Å²) in [5, 5.41) is 14.6. The van der Waals surface area contributed by atoms with Gasteiger partial charge in [0.1, 0.15) is 5.82 Å². The first-order chi connectivity index (χ1) is 16.6. The Morgan fingerprint density at radius 2 is 1.97 bits per heavy atom. The van der Waals surface area contributed by atoms with E-state index in [1.165, 1.54) is 22.2 Å². The van der Waals surface area contributed by atoms with Crippen molar-refractivity contribution in [2.24, 2.45) is 0 Å². The number of hydrogen-bond acceptors (Lipinski definition) is 6. The molecule has 5 rings (SSSR count). The van der Waals surface area contributed by atoms with Gasteiger partial charge in [-0.2, -0.15) is 0 Å². The van der Waals surface area contributed by atoms with Crippen LogP contribution in [-0.2, 0) is 24.2 Å². The van der Waals surface area contributed by atoms with Gasteiger partial charge in [0, 0.05) is 29.1 Å². The Labute approximate surface area is 206 Å². The predicted molar refractivity (Wildman–Crippen MR) is 136 cm³/mol. The molecule has 6 nitrogen and oxygen atoms in total. The van der Waals surface area contributed by atoms with Crippen molar-refractivity contribution in [1.29, 1.82) is 0 Å². The number of anilines is 1. The van der Waals surface area contributed by atoms with Gasteiger partial charge in [-0.05, 0) is 54.1 Å². The molecule has 0 saturated heterocycles. The molecule has 3 heterocycles. The Bertz CT molecular complexity index is 1320. The molecule has 2 aromatic heterocycles. The quantitative estimate of drug-likeness (QED) is 0.259. The molecule has 1 atom stereocenters. The number of Topliss-reactive ketones (excluding diaryl/α,β-unsaturated/α-hetero) is 1. The molecule has 0 aliphatic carbocycles. The maximum absolute atomic E-state index is 13.0. The number of hydrogen-bond donors (Lipinski definition) is 1. The van der Waals surface area contributed by atoms with Gasteiger partial charge in [0.15, 0.2) is 10.9 Å². The number of rotatable bonds is 9. The third-order valence-corrected chi connectivity index (χ3v) is 7.84. The van der Waals surface area contributed by atoms with Crippen LogP contribution in [0.25, 0.3) is 0 Å². The first-order valence-electron chi connectivity index (χ1n) is 11.2. The fraction of sp³-hybridized carbons (Fsp3) is 0.231. The summed E-state index contributed by atoms with van der Waals surface area (Å²) < 4.78 is 2.14. The summed E-state index contributed by atoms with van der Waals surface area (Å²) >= 11 is 3.12. The number of thioether (sulfide) groups is 1. The third kappa shape index (κ3) is 4.83. The number of benzene rings is 2. The number of carbonyl (C=O) groups excluding carboxylic acids is 2. The van der Waals surface area contributed by atoms with Crippen LogP contribution < -0.4 is 5.32 Å². The van der Waals surface area contributed by atoms with Crippen LogP contribution in [0, 0.1) is 0 Å². The monoisotopic (exact) mass is 488 g/mol. The average Bonchev–Trinajstić information content (AvgIpc) is 3.57. The summed E-state index contributed by atoms with van der Waals surface area (Å²) in [6.07, 6.45) is 1.58. The standard InChI is InChI=1S/C26H24N4O2S2/c1-17-21-14-19(9-10-22(21)27-25(17)32)23(31)16-34-26-29-28-24(15-20-8-5-13-33-20)30(26)12-11-18-6-3-2-4-7-18/h2-10,13-14,17H,11-12,15-16H2,1H3,(H,27,32)/t17-/m0/s1. The van der Waals surface area contributed by atoms with E-state index in [0.29, 0.717) is 5.56 Å². The van der Waals surface area contributed by atoms with E-state index in [1.54, 1.807) is 17.4 Å². The maximum Gasteiger partial charge on any atom is 0.231 e. The second-order valence-corrected chi connectivity index (χ2v) is 10.2. The highest BCUT2D eigenvalue weighted by Crippen LogP contribution is 2.33. The molecule has 1 aliphatic heterocycles. The molecule has 2 aromatic carbocycles. The predicted octanol–water partition coefficient (Wildman–Crippen LogP) is 5.20. The lowest BCUT2D eigenvalue weighted by Crippen LogP contribution is -2.10. The Morgan fingerprint density at radius 3 is 2.76 bits per heavy atom. The van der Waals surface area contributed by atoms with Crippen molar-refractivity contribution < 1.29 is 9.59 Å². The molecular formula is C26H24N4O2S2. The van der Waals surface area contributed by atoms with Crippen LogP contribution in [0.15, 0.2) is 71.2 Å². The summed E-state index contributed by atoms with van der Waals surface area (Å²) in [6, 6.07) is 19.9. The van der Waals surface area contributed by atoms with Gasteiger partial charge in [0.25, 0.3) is 0 Å². The Kier molecular flexibility index (Phi) is 6.60. The second-order valence-electron chi connectivity index (χ2n) is 8.27. The highest BCUT2D eigenvalue weighted by Gasteiger charge is 2.27. The first-order valence-corrected chi connectivity index (χ1v) is 13.0. The molecule has 34 heavy (non-hydrogen) atoms. The minimum atomic E-state index is -0.240. The molecular weight excluding hydrogens is 464 g/mol. The van der Waals surface area contributed by atoms with Crippen LogP contribution in [0.4, 0.5) is 5.69 Å². The fourth-order valence-electron chi connectivity index (χ4n) is 4.04. The largest absolute Gasteiger partial charge is 0.325 e. The summed E-state index contributed by atoms with van der Waals surface area (Å²) in [5.74, 6) is 0.910. The molecule has 0 bridgehead atoms. The van der Waals surface area contributed by atoms with Gasteiger partial charge in [-0.3, -0.25) is 9.59 Å². The van der Waals surface area contributed by atoms with E-state index >= 15 is 0 Å². The minimum Gasteiger partial charge on any atom is -0.325 e. The molecule has 0 radical (unpaired) electrons. The number of ketones is 1. The van der Waals surface area contributed by atoms with Crippen LogP contribution in [-0.4, -0.2) is 32.2 Å². The van der Waals surface area contributed by atoms with Gasteiger partial charge >= 0.3 is 0 Å². The highest BCUT2D eigenvalue weighted by molar-refractivity contribution is 7.99. The zero-order valence-electron chi connectivity index (χ0n) is 18.7. The molecule has 4 aromatic rings. The molecule has 1 amide bonds. The van der Waals surface area contributed by atoms with Crippen molar-refractivity contribution in [3.63, 3.8) is 0 Å². The van der Waals surface area contributed by atoms with Crippen molar-refractivity contribution in [2.45, 2.75) is 37.4 Å². The van der Waals surface area contributed by atoms with Gasteiger partial charge in [0.2, 0.25) is 5.91 Å². The minimum absolute atomic E-state index is 0.0109. The zero-order valence-corrected chi connectivity index (χ0v) is 20.4. The van der Waals surface area contributed by atoms with Crippen molar-refractivity contribution in [3.8, 4) is 0 Å². The summed E-state index contributed by atoms with van der Waals surface area (Å²) in [4.78, 5) is 26.1. The topological polar surface area (TPSA) is 76.9 Å². The van der Waals surface area contributed by atoms with E-state index in [1.807, 2.05) is 43.3 Å². The summed E-state index contributed by atoms with van der Waals surface area (Å²) in [6.45, 7) is 2.60. The van der Waals surface area contributed by atoms with Crippen LogP contribution in [0.5, 0.6) is 0 Å². The number of nitrogens with one attached hydrogen (secondary N) is 1. The number of fused-ring (bicyclic) bond motifs is 1. The second kappa shape index (κ2) is 9.95. The first kappa shape index (κ1) is 22.6. The number of thiophene rings is 1. The van der Waals surface area contributed by atoms with Gasteiger partial charge in [-0.1, -0.05) is 48.2 Å². The smallest absolute Gasteiger partial charge is 0.231 e. The number of aryl methyl sites for hydroxylation is 1. The Balaban J connectivity index is 1.32. The van der Waals surface area contributed by atoms with Crippen molar-refractivity contribution in [1.82, 2.24) is 14.8 Å². The Morgan fingerprint density at radius 1 is 1.12 bits per heavy atom. The number of amides is 1. The van der Waals surface area contributed by atoms with Gasteiger partial charge < -0.3 is 9.88 Å². The molecule has 8 heteroatoms. The molecule has 1 N–H and O–H groups in total. The molecule has 0 spiro atoms. The van der Waals surface area contributed by atoms with Crippen LogP contribution in [0.3, 0.4) is 0 Å². The number of carbonyl (C=O) groups is 2. The lowest BCUT2D eigenvalue weighted by molar-refractivity contribution is -0.116. The number of nitrogens with zero attached hydrogens (tertiary/aromatic N) is 3. The van der Waals surface area contributed by atoms with E-state index in [0.717, 1.165) is 41.6 Å². The third-order valence-electron chi connectivity index (χ3n) is 6.00. The lowest BCUT2D eigenvalue weighted by Gasteiger charge is -2.10. The van der Waals surface area contributed by atoms with Crippen molar-refractivity contribution >= 4 is 40.5 Å². The van der Waals surface area contributed by atoms with E-state index < -0.39 is 0 Å². The van der Waals surface area contributed by atoms with E-state index in [-0.39, 0.29) is 23.4 Å². The number of aromatic nitrogens is 3. The van der Waals surface area contributed by atoms with Gasteiger partial charge in [-0.15, -0.1) is 21.5 Å². The van der Waals surface area contributed by atoms with Crippen LogP contribution >= 0.6 is 23.1 Å². The van der Waals surface area contributed by atoms with E-state index in [9.17, 15) is 9.59 Å². The van der Waals surface area contributed by atoms with Crippen molar-refractivity contribution in [2.75, 3.05) is 11.1 Å². The maximum atomic E-state index is 13.0.